The van der Waals surface area contributed by atoms with Gasteiger partial charge in [-0.2, -0.15) is 0 Å². The Kier molecular flexibility index (Phi) is 18.1. The maximum Gasteiger partial charge on any atom is 0.409 e. The number of imide groups is 1. The molecule has 0 aliphatic carbocycles. The lowest BCUT2D eigenvalue weighted by Crippen LogP contribution is -2.60. The lowest BCUT2D eigenvalue weighted by molar-refractivity contribution is -0.197. The second kappa shape index (κ2) is 22.5. The van der Waals surface area contributed by atoms with Crippen molar-refractivity contribution in [1.82, 2.24) is 15.3 Å². The van der Waals surface area contributed by atoms with Crippen molar-refractivity contribution in [2.75, 3.05) is 38.5 Å². The minimum Gasteiger partial charge on any atom is -0.457 e. The van der Waals surface area contributed by atoms with E-state index in [1.807, 2.05) is 58.1 Å². The molecule has 0 saturated carbocycles. The fourth-order valence-electron chi connectivity index (χ4n) is 8.42. The standard InChI is InChI=1S/C47H65ClN4O13S2/c1-27-13-11-14-29(3)47(60)25-34(62-44(59)49-47)30(4)42-46(7,64-42)35(24-39(56)51(9)33-23-32(21-27)22-28(2)41(33)48)63-43(58)31(5)50(8)36(53)18-19-45(6,26-61-10)67-66-20-12-15-40(57)65-52-37(54)16-17-38(52)55/h11,13-14,22-23,29-31,34-35,42,60H,12,15-21,24-26H2,1-10H3,(H,49,59)/b14-11+,27-13+/t29-,30-,31+,34?,35+,42+,45?,46+,47+/m1/s1. The zero-order valence-electron chi connectivity index (χ0n) is 40.0. The fraction of sp³-hybridized carbons (Fsp3) is 0.638. The first kappa shape index (κ1) is 53.8. The SMILES string of the molecule is COCC(C)(CCC(=O)N(C)[C@@H](C)C(=O)O[C@H]1CC(=O)N(C)c2cc(cc(C)c2Cl)C/C(C)=C/C=C/[C@@H](C)[C@@]2(O)CC(OC(=O)N2)[C@@H](C)[C@@H]2O[C@@]12C)SSCCCC(=O)ON1C(=O)CCC1=O. The number of esters is 1. The monoisotopic (exact) mass is 992 g/mol. The van der Waals surface area contributed by atoms with Gasteiger partial charge in [-0.05, 0) is 71.1 Å². The highest BCUT2D eigenvalue weighted by molar-refractivity contribution is 8.77. The van der Waals surface area contributed by atoms with Gasteiger partial charge in [-0.25, -0.2) is 14.4 Å². The van der Waals surface area contributed by atoms with Gasteiger partial charge in [0.15, 0.2) is 0 Å². The molecule has 9 atom stereocenters. The first-order valence-corrected chi connectivity index (χ1v) is 25.2. The van der Waals surface area contributed by atoms with Gasteiger partial charge in [0.05, 0.1) is 29.8 Å². The van der Waals surface area contributed by atoms with Crippen LogP contribution in [0.15, 0.2) is 35.9 Å². The summed E-state index contributed by atoms with van der Waals surface area (Å²) < 4.78 is 23.2. The topological polar surface area (TPSA) is 211 Å². The molecule has 0 radical (unpaired) electrons. The number of hydroxylamine groups is 2. The number of halogens is 1. The highest BCUT2D eigenvalue weighted by Gasteiger charge is 2.64. The molecule has 2 N–H and O–H groups in total. The zero-order valence-corrected chi connectivity index (χ0v) is 42.4. The third-order valence-corrected chi connectivity index (χ3v) is 16.9. The molecule has 1 aromatic rings. The van der Waals surface area contributed by atoms with E-state index in [1.54, 1.807) is 34.9 Å². The third kappa shape index (κ3) is 13.3. The fourth-order valence-corrected chi connectivity index (χ4v) is 11.5. The summed E-state index contributed by atoms with van der Waals surface area (Å²) >= 11 is 6.82. The van der Waals surface area contributed by atoms with Crippen molar-refractivity contribution < 1.29 is 62.5 Å². The molecule has 3 saturated heterocycles. The maximum absolute atomic E-state index is 14.3. The van der Waals surface area contributed by atoms with E-state index in [0.29, 0.717) is 47.4 Å². The molecule has 20 heteroatoms. The Hall–Kier alpha value is -4.14. The van der Waals surface area contributed by atoms with Crippen LogP contribution in [-0.2, 0) is 59.0 Å². The van der Waals surface area contributed by atoms with Crippen LogP contribution in [0.2, 0.25) is 5.02 Å². The van der Waals surface area contributed by atoms with Gasteiger partial charge < -0.3 is 38.7 Å². The highest BCUT2D eigenvalue weighted by atomic mass is 35.5. The number of epoxide rings is 1. The van der Waals surface area contributed by atoms with Crippen LogP contribution in [0.1, 0.15) is 104 Å². The summed E-state index contributed by atoms with van der Waals surface area (Å²) in [5.74, 6) is -3.74. The van der Waals surface area contributed by atoms with Crippen LogP contribution in [0.3, 0.4) is 0 Å². The Balaban J connectivity index is 1.28. The number of nitrogens with one attached hydrogen (secondary N) is 1. The number of ether oxygens (including phenoxy) is 4. The molecule has 4 heterocycles. The molecule has 3 fully saturated rings. The Labute approximate surface area is 405 Å². The van der Waals surface area contributed by atoms with Crippen molar-refractivity contribution in [3.8, 4) is 0 Å². The number of aryl methyl sites for hydroxylation is 1. The van der Waals surface area contributed by atoms with Gasteiger partial charge in [-0.3, -0.25) is 24.5 Å². The van der Waals surface area contributed by atoms with Crippen LogP contribution in [0, 0.1) is 18.8 Å². The predicted octanol–water partition coefficient (Wildman–Crippen LogP) is 6.39. The predicted molar refractivity (Wildman–Crippen MR) is 253 cm³/mol. The van der Waals surface area contributed by atoms with Gasteiger partial charge in [0.1, 0.15) is 29.6 Å². The van der Waals surface area contributed by atoms with E-state index < -0.39 is 88.0 Å². The van der Waals surface area contributed by atoms with E-state index in [9.17, 15) is 38.7 Å². The molecule has 1 aromatic carbocycles. The molecule has 370 valence electrons. The summed E-state index contributed by atoms with van der Waals surface area (Å²) in [4.78, 5) is 98.4. The van der Waals surface area contributed by atoms with Gasteiger partial charge in [0.2, 0.25) is 11.8 Å². The number of hydrogen-bond donors (Lipinski definition) is 2. The Bertz CT molecular complexity index is 2130. The second-order valence-electron chi connectivity index (χ2n) is 18.6. The van der Waals surface area contributed by atoms with Gasteiger partial charge >= 0.3 is 18.0 Å². The first-order valence-electron chi connectivity index (χ1n) is 22.5. The van der Waals surface area contributed by atoms with E-state index in [1.165, 1.54) is 38.4 Å². The summed E-state index contributed by atoms with van der Waals surface area (Å²) in [7, 11) is 7.66. The maximum atomic E-state index is 14.3. The average Bonchev–Trinajstić information content (AvgIpc) is 3.87. The van der Waals surface area contributed by atoms with Gasteiger partial charge in [-0.15, -0.1) is 5.06 Å². The number of carbonyl (C=O) groups excluding carboxylic acids is 7. The number of alkyl carbamates (subject to hydrolysis) is 1. The highest BCUT2D eigenvalue weighted by Crippen LogP contribution is 2.49. The van der Waals surface area contributed by atoms with Crippen LogP contribution in [0.25, 0.3) is 0 Å². The van der Waals surface area contributed by atoms with Crippen LogP contribution in [0.5, 0.6) is 0 Å². The van der Waals surface area contributed by atoms with Crippen molar-refractivity contribution in [2.24, 2.45) is 11.8 Å². The smallest absolute Gasteiger partial charge is 0.409 e. The Morgan fingerprint density at radius 1 is 1.10 bits per heavy atom. The number of amides is 5. The molecule has 4 aliphatic rings. The van der Waals surface area contributed by atoms with Crippen molar-refractivity contribution >= 4 is 80.5 Å². The quantitative estimate of drug-likeness (QED) is 0.0641. The molecule has 5 rings (SSSR count). The summed E-state index contributed by atoms with van der Waals surface area (Å²) in [6, 6.07) is 2.74. The Morgan fingerprint density at radius 3 is 2.46 bits per heavy atom. The van der Waals surface area contributed by atoms with E-state index >= 15 is 0 Å². The van der Waals surface area contributed by atoms with Crippen molar-refractivity contribution in [1.29, 1.82) is 0 Å². The molecule has 0 spiro atoms. The second-order valence-corrected chi connectivity index (χ2v) is 22.0. The normalized spacial score (nSPS) is 29.4. The van der Waals surface area contributed by atoms with E-state index in [4.69, 9.17) is 35.4 Å². The summed E-state index contributed by atoms with van der Waals surface area (Å²) in [5.41, 5.74) is 0.281. The molecule has 0 aromatic heterocycles. The van der Waals surface area contributed by atoms with E-state index in [-0.39, 0.29) is 44.4 Å². The number of carbonyl (C=O) groups is 7. The van der Waals surface area contributed by atoms with Crippen molar-refractivity contribution in [3.63, 3.8) is 0 Å². The molecule has 4 aliphatic heterocycles. The van der Waals surface area contributed by atoms with Gasteiger partial charge in [0, 0.05) is 75.6 Å². The molecule has 2 unspecified atom stereocenters. The number of anilines is 1. The average molecular weight is 994 g/mol. The number of fused-ring (bicyclic) bond motifs is 5. The van der Waals surface area contributed by atoms with Crippen LogP contribution >= 0.6 is 33.2 Å². The zero-order chi connectivity index (χ0) is 49.6. The summed E-state index contributed by atoms with van der Waals surface area (Å²) in [6.07, 6.45) is 3.35. The molecule has 5 amide bonds. The largest absolute Gasteiger partial charge is 0.457 e. The van der Waals surface area contributed by atoms with E-state index in [0.717, 1.165) is 16.7 Å². The Morgan fingerprint density at radius 2 is 1.79 bits per heavy atom. The van der Waals surface area contributed by atoms with Crippen LogP contribution in [0.4, 0.5) is 10.5 Å². The molecule has 4 bridgehead atoms. The number of likely N-dealkylation sites (N-methyl/N-ethyl adjacent to an activating group) is 1. The molecular weight excluding hydrogens is 928 g/mol. The minimum atomic E-state index is -1.64. The number of aliphatic hydroxyl groups is 1. The summed E-state index contributed by atoms with van der Waals surface area (Å²) in [6.45, 7) is 13.0. The number of rotatable bonds is 15. The summed E-state index contributed by atoms with van der Waals surface area (Å²) in [5, 5.41) is 15.3. The lowest BCUT2D eigenvalue weighted by atomic mass is 9.82. The third-order valence-electron chi connectivity index (χ3n) is 13.0. The van der Waals surface area contributed by atoms with Crippen molar-refractivity contribution in [2.45, 2.75) is 147 Å². The minimum absolute atomic E-state index is 0.00850. The number of benzene rings is 1. The molecule has 17 nitrogen and oxygen atoms in total. The van der Waals surface area contributed by atoms with E-state index in [2.05, 4.69) is 5.32 Å². The van der Waals surface area contributed by atoms with Gasteiger partial charge in [-0.1, -0.05) is 76.9 Å². The van der Waals surface area contributed by atoms with Crippen molar-refractivity contribution in [3.05, 3.63) is 52.1 Å². The number of methoxy groups -OCH3 is 1. The van der Waals surface area contributed by atoms with Crippen LogP contribution in [-0.4, -0.2) is 131 Å². The number of hydrogen-bond acceptors (Lipinski definition) is 15. The van der Waals surface area contributed by atoms with Crippen LogP contribution < -0.4 is 10.2 Å². The molecular formula is C47H65ClN4O13S2. The molecule has 67 heavy (non-hydrogen) atoms. The number of nitrogens with zero attached hydrogens (tertiary/aromatic N) is 3. The lowest BCUT2D eigenvalue weighted by Gasteiger charge is -2.41. The first-order chi connectivity index (χ1) is 31.4. The van der Waals surface area contributed by atoms with Gasteiger partial charge in [0.25, 0.3) is 11.8 Å². The number of allylic oxidation sites excluding steroid dienone is 3.